The van der Waals surface area contributed by atoms with Gasteiger partial charge >= 0.3 is 0 Å². The number of nitrogens with one attached hydrogen (secondary N) is 1. The number of imidazole rings is 1. The van der Waals surface area contributed by atoms with Gasteiger partial charge in [-0.2, -0.15) is 0 Å². The summed E-state index contributed by atoms with van der Waals surface area (Å²) in [6, 6.07) is 0.731. The highest BCUT2D eigenvalue weighted by molar-refractivity contribution is 9.10. The van der Waals surface area contributed by atoms with Crippen molar-refractivity contribution in [2.24, 2.45) is 0 Å². The molecule has 1 fully saturated rings. The highest BCUT2D eigenvalue weighted by Gasteiger charge is 2.20. The average Bonchev–Trinajstić information content (AvgIpc) is 2.96. The van der Waals surface area contributed by atoms with Gasteiger partial charge in [0.25, 0.3) is 0 Å². The fourth-order valence-corrected chi connectivity index (χ4v) is 3.69. The van der Waals surface area contributed by atoms with Crippen LogP contribution < -0.4 is 5.32 Å². The number of hydrogen-bond acceptors (Lipinski definition) is 2. The standard InChI is InChI=1S/C13H20BrN3/c14-13-16-11(9-15-10-5-1-2-6-10)12-7-3-4-8-17(12)13/h10,15H,1-9H2. The van der Waals surface area contributed by atoms with Crippen LogP contribution in [0.2, 0.25) is 0 Å². The van der Waals surface area contributed by atoms with Crippen molar-refractivity contribution in [3.05, 3.63) is 16.1 Å². The largest absolute Gasteiger partial charge is 0.322 e. The minimum atomic E-state index is 0.731. The molecule has 94 valence electrons. The van der Waals surface area contributed by atoms with Crippen LogP contribution in [0.15, 0.2) is 4.73 Å². The average molecular weight is 298 g/mol. The van der Waals surface area contributed by atoms with Gasteiger partial charge in [0.15, 0.2) is 4.73 Å². The zero-order valence-electron chi connectivity index (χ0n) is 10.2. The summed E-state index contributed by atoms with van der Waals surface area (Å²) in [5, 5.41) is 3.66. The highest BCUT2D eigenvalue weighted by Crippen LogP contribution is 2.24. The maximum absolute atomic E-state index is 4.67. The van der Waals surface area contributed by atoms with E-state index < -0.39 is 0 Å². The molecule has 1 aromatic rings. The van der Waals surface area contributed by atoms with E-state index in [1.54, 1.807) is 0 Å². The summed E-state index contributed by atoms with van der Waals surface area (Å²) in [5.41, 5.74) is 2.72. The second-order valence-electron chi connectivity index (χ2n) is 5.25. The number of aromatic nitrogens is 2. The van der Waals surface area contributed by atoms with E-state index >= 15 is 0 Å². The third-order valence-corrected chi connectivity index (χ3v) is 4.67. The summed E-state index contributed by atoms with van der Waals surface area (Å²) in [4.78, 5) is 4.67. The fraction of sp³-hybridized carbons (Fsp3) is 0.769. The third kappa shape index (κ3) is 2.43. The summed E-state index contributed by atoms with van der Waals surface area (Å²) in [6.07, 6.45) is 9.27. The lowest BCUT2D eigenvalue weighted by atomic mass is 10.1. The molecule has 1 aromatic heterocycles. The zero-order valence-corrected chi connectivity index (χ0v) is 11.8. The Kier molecular flexibility index (Phi) is 3.52. The predicted octanol–water partition coefficient (Wildman–Crippen LogP) is 3.01. The lowest BCUT2D eigenvalue weighted by Crippen LogP contribution is -2.26. The number of rotatable bonds is 3. The molecule has 0 atom stereocenters. The van der Waals surface area contributed by atoms with Crippen LogP contribution in [-0.4, -0.2) is 15.6 Å². The Bertz CT molecular complexity index is 394. The summed E-state index contributed by atoms with van der Waals surface area (Å²) >= 11 is 3.58. The lowest BCUT2D eigenvalue weighted by molar-refractivity contribution is 0.502. The van der Waals surface area contributed by atoms with Crippen molar-refractivity contribution < 1.29 is 0 Å². The zero-order chi connectivity index (χ0) is 11.7. The van der Waals surface area contributed by atoms with Gasteiger partial charge in [-0.1, -0.05) is 12.8 Å². The van der Waals surface area contributed by atoms with Crippen molar-refractivity contribution in [3.8, 4) is 0 Å². The molecule has 0 aromatic carbocycles. The van der Waals surface area contributed by atoms with Crippen molar-refractivity contribution in [1.82, 2.24) is 14.9 Å². The van der Waals surface area contributed by atoms with Crippen molar-refractivity contribution in [2.75, 3.05) is 0 Å². The van der Waals surface area contributed by atoms with Gasteiger partial charge < -0.3 is 9.88 Å². The summed E-state index contributed by atoms with van der Waals surface area (Å²) < 4.78 is 3.37. The lowest BCUT2D eigenvalue weighted by Gasteiger charge is -2.17. The summed E-state index contributed by atoms with van der Waals surface area (Å²) in [7, 11) is 0. The van der Waals surface area contributed by atoms with Gasteiger partial charge in [0, 0.05) is 24.8 Å². The fourth-order valence-electron chi connectivity index (χ4n) is 3.08. The quantitative estimate of drug-likeness (QED) is 0.929. The molecule has 1 saturated carbocycles. The van der Waals surface area contributed by atoms with Gasteiger partial charge in [-0.05, 0) is 48.0 Å². The molecule has 0 bridgehead atoms. The molecule has 0 saturated heterocycles. The molecule has 2 heterocycles. The molecule has 0 unspecified atom stereocenters. The number of hydrogen-bond donors (Lipinski definition) is 1. The Hall–Kier alpha value is -0.350. The predicted molar refractivity (Wildman–Crippen MR) is 72.0 cm³/mol. The Labute approximate surface area is 111 Å². The van der Waals surface area contributed by atoms with Gasteiger partial charge in [0.05, 0.1) is 5.69 Å². The SMILES string of the molecule is Brc1nc(CNC2CCCC2)c2n1CCCC2. The monoisotopic (exact) mass is 297 g/mol. The second-order valence-corrected chi connectivity index (χ2v) is 5.95. The summed E-state index contributed by atoms with van der Waals surface area (Å²) in [6.45, 7) is 2.08. The Morgan fingerprint density at radius 2 is 2.06 bits per heavy atom. The molecule has 0 spiro atoms. The highest BCUT2D eigenvalue weighted by atomic mass is 79.9. The van der Waals surface area contributed by atoms with E-state index in [4.69, 9.17) is 0 Å². The van der Waals surface area contributed by atoms with E-state index in [1.165, 1.54) is 56.3 Å². The Morgan fingerprint density at radius 1 is 1.24 bits per heavy atom. The van der Waals surface area contributed by atoms with Crippen molar-refractivity contribution >= 4 is 15.9 Å². The molecule has 1 aliphatic heterocycles. The Morgan fingerprint density at radius 3 is 2.88 bits per heavy atom. The molecule has 4 heteroatoms. The first-order valence-electron chi connectivity index (χ1n) is 6.82. The van der Waals surface area contributed by atoms with Crippen molar-refractivity contribution in [2.45, 2.75) is 64.1 Å². The number of fused-ring (bicyclic) bond motifs is 1. The summed E-state index contributed by atoms with van der Waals surface area (Å²) in [5.74, 6) is 0. The molecular weight excluding hydrogens is 278 g/mol. The Balaban J connectivity index is 1.69. The van der Waals surface area contributed by atoms with Crippen LogP contribution in [0, 0.1) is 0 Å². The third-order valence-electron chi connectivity index (χ3n) is 4.07. The molecule has 2 aliphatic rings. The molecule has 3 nitrogen and oxygen atoms in total. The number of halogens is 1. The van der Waals surface area contributed by atoms with Gasteiger partial charge in [-0.15, -0.1) is 0 Å². The van der Waals surface area contributed by atoms with E-state index in [0.29, 0.717) is 0 Å². The van der Waals surface area contributed by atoms with Gasteiger partial charge in [0.1, 0.15) is 0 Å². The molecule has 1 N–H and O–H groups in total. The van der Waals surface area contributed by atoms with Crippen LogP contribution in [0.3, 0.4) is 0 Å². The first-order valence-corrected chi connectivity index (χ1v) is 7.61. The van der Waals surface area contributed by atoms with Crippen LogP contribution in [0.4, 0.5) is 0 Å². The van der Waals surface area contributed by atoms with Crippen LogP contribution in [0.25, 0.3) is 0 Å². The van der Waals surface area contributed by atoms with Crippen LogP contribution >= 0.6 is 15.9 Å². The van der Waals surface area contributed by atoms with Gasteiger partial charge in [0.2, 0.25) is 0 Å². The molecule has 17 heavy (non-hydrogen) atoms. The van der Waals surface area contributed by atoms with Crippen molar-refractivity contribution in [1.29, 1.82) is 0 Å². The molecular formula is C13H20BrN3. The minimum absolute atomic E-state index is 0.731. The normalized spacial score (nSPS) is 20.8. The number of nitrogens with zero attached hydrogens (tertiary/aromatic N) is 2. The van der Waals surface area contributed by atoms with Crippen LogP contribution in [-0.2, 0) is 19.5 Å². The topological polar surface area (TPSA) is 29.9 Å². The smallest absolute Gasteiger partial charge is 0.177 e. The van der Waals surface area contributed by atoms with Crippen molar-refractivity contribution in [3.63, 3.8) is 0 Å². The molecule has 0 radical (unpaired) electrons. The van der Waals surface area contributed by atoms with Gasteiger partial charge in [-0.3, -0.25) is 0 Å². The van der Waals surface area contributed by atoms with E-state index in [0.717, 1.165) is 23.9 Å². The molecule has 1 aliphatic carbocycles. The van der Waals surface area contributed by atoms with E-state index in [-0.39, 0.29) is 0 Å². The minimum Gasteiger partial charge on any atom is -0.322 e. The first-order chi connectivity index (χ1) is 8.34. The van der Waals surface area contributed by atoms with E-state index in [1.807, 2.05) is 0 Å². The van der Waals surface area contributed by atoms with E-state index in [2.05, 4.69) is 30.8 Å². The van der Waals surface area contributed by atoms with Crippen LogP contribution in [0.5, 0.6) is 0 Å². The molecule has 0 amide bonds. The maximum Gasteiger partial charge on any atom is 0.177 e. The van der Waals surface area contributed by atoms with Gasteiger partial charge in [-0.25, -0.2) is 4.98 Å². The molecule has 3 rings (SSSR count). The maximum atomic E-state index is 4.67. The van der Waals surface area contributed by atoms with E-state index in [9.17, 15) is 0 Å². The van der Waals surface area contributed by atoms with Crippen LogP contribution in [0.1, 0.15) is 49.9 Å². The first kappa shape index (κ1) is 11.7. The second kappa shape index (κ2) is 5.11.